The topological polar surface area (TPSA) is 93.2 Å². The van der Waals surface area contributed by atoms with Crippen LogP contribution in [0, 0.1) is 17.0 Å². The third-order valence-corrected chi connectivity index (χ3v) is 4.29. The largest absolute Gasteiger partial charge is 0.320 e. The zero-order chi connectivity index (χ0) is 20.1. The van der Waals surface area contributed by atoms with Gasteiger partial charge >= 0.3 is 0 Å². The van der Waals surface area contributed by atoms with Gasteiger partial charge in [0.2, 0.25) is 6.54 Å². The van der Waals surface area contributed by atoms with E-state index in [9.17, 15) is 19.7 Å². The Labute approximate surface area is 161 Å². The van der Waals surface area contributed by atoms with Gasteiger partial charge in [-0.15, -0.1) is 0 Å². The van der Waals surface area contributed by atoms with Gasteiger partial charge in [-0.1, -0.05) is 36.4 Å². The molecule has 0 unspecified atom stereocenters. The number of nitrogens with zero attached hydrogens (tertiary/aromatic N) is 2. The number of hydrogen-bond acceptors (Lipinski definition) is 4. The summed E-state index contributed by atoms with van der Waals surface area (Å²) in [5.41, 5.74) is 1.87. The molecule has 0 bridgehead atoms. The molecule has 1 aromatic heterocycles. The second-order valence-corrected chi connectivity index (χ2v) is 6.21. The van der Waals surface area contributed by atoms with E-state index >= 15 is 0 Å². The highest BCUT2D eigenvalue weighted by atomic mass is 16.6. The van der Waals surface area contributed by atoms with Crippen molar-refractivity contribution in [2.45, 2.75) is 13.5 Å². The maximum Gasteiger partial charge on any atom is 0.290 e. The summed E-state index contributed by atoms with van der Waals surface area (Å²) in [6.45, 7) is 1.60. The number of carbonyl (C=O) groups is 2. The third kappa shape index (κ3) is 4.27. The Hall–Kier alpha value is -3.87. The Balaban J connectivity index is 1.68. The monoisotopic (exact) mass is 376 g/mol. The Bertz CT molecular complexity index is 1030. The van der Waals surface area contributed by atoms with Crippen LogP contribution in [0.1, 0.15) is 21.5 Å². The number of aromatic nitrogens is 1. The Kier molecular flexibility index (Phi) is 5.55. The Morgan fingerprint density at radius 1 is 0.964 bits per heavy atom. The number of amides is 1. The van der Waals surface area contributed by atoms with Crippen LogP contribution in [-0.2, 0) is 11.3 Å². The van der Waals surface area contributed by atoms with Crippen molar-refractivity contribution in [3.63, 3.8) is 0 Å². The molecule has 0 aliphatic carbocycles. The summed E-state index contributed by atoms with van der Waals surface area (Å²) >= 11 is 0. The average molecular weight is 376 g/mol. The SMILES string of the molecule is Cc1c(NC(=O)C[n+]2ccc(C(=O)c3ccccc3)cc2)cccc1[N+](=O)[O-]. The molecule has 0 aliphatic rings. The van der Waals surface area contributed by atoms with Crippen molar-refractivity contribution in [3.05, 3.63) is 99.9 Å². The van der Waals surface area contributed by atoms with E-state index in [-0.39, 0.29) is 23.9 Å². The van der Waals surface area contributed by atoms with Crippen molar-refractivity contribution < 1.29 is 19.1 Å². The predicted molar refractivity (Wildman–Crippen MR) is 103 cm³/mol. The normalized spacial score (nSPS) is 10.3. The first-order valence-electron chi connectivity index (χ1n) is 8.58. The minimum atomic E-state index is -0.484. The molecular formula is C21H18N3O4+. The van der Waals surface area contributed by atoms with Crippen LogP contribution in [0.3, 0.4) is 0 Å². The van der Waals surface area contributed by atoms with Gasteiger partial charge in [-0.25, -0.2) is 0 Å². The summed E-state index contributed by atoms with van der Waals surface area (Å²) in [4.78, 5) is 35.2. The van der Waals surface area contributed by atoms with Crippen LogP contribution >= 0.6 is 0 Å². The summed E-state index contributed by atoms with van der Waals surface area (Å²) in [7, 11) is 0. The summed E-state index contributed by atoms with van der Waals surface area (Å²) in [6, 6.07) is 16.8. The molecule has 0 atom stereocenters. The van der Waals surface area contributed by atoms with Crippen molar-refractivity contribution in [2.24, 2.45) is 0 Å². The average Bonchev–Trinajstić information content (AvgIpc) is 2.70. The lowest BCUT2D eigenvalue weighted by atomic mass is 10.0. The number of rotatable bonds is 6. The van der Waals surface area contributed by atoms with Crippen molar-refractivity contribution in [3.8, 4) is 0 Å². The van der Waals surface area contributed by atoms with Crippen LogP contribution in [0.5, 0.6) is 0 Å². The number of anilines is 1. The van der Waals surface area contributed by atoms with E-state index in [2.05, 4.69) is 5.32 Å². The van der Waals surface area contributed by atoms with Gasteiger partial charge < -0.3 is 5.32 Å². The molecule has 0 fully saturated rings. The lowest BCUT2D eigenvalue weighted by Crippen LogP contribution is -2.39. The van der Waals surface area contributed by atoms with Crippen LogP contribution in [0.15, 0.2) is 73.1 Å². The molecule has 140 valence electrons. The maximum atomic E-state index is 12.4. The molecule has 2 aromatic carbocycles. The predicted octanol–water partition coefficient (Wildman–Crippen LogP) is 3.06. The second-order valence-electron chi connectivity index (χ2n) is 6.21. The molecule has 0 aliphatic heterocycles. The zero-order valence-electron chi connectivity index (χ0n) is 15.2. The van der Waals surface area contributed by atoms with E-state index in [4.69, 9.17) is 0 Å². The maximum absolute atomic E-state index is 12.4. The van der Waals surface area contributed by atoms with Crippen LogP contribution in [0.2, 0.25) is 0 Å². The van der Waals surface area contributed by atoms with E-state index in [0.717, 1.165) is 0 Å². The van der Waals surface area contributed by atoms with Gasteiger partial charge in [0.25, 0.3) is 11.6 Å². The molecule has 1 heterocycles. The van der Waals surface area contributed by atoms with Crippen LogP contribution in [0.4, 0.5) is 11.4 Å². The number of benzene rings is 2. The fraction of sp³-hybridized carbons (Fsp3) is 0.0952. The standard InChI is InChI=1S/C21H17N3O4/c1-15-18(8-5-9-19(15)24(27)28)22-20(25)14-23-12-10-17(11-13-23)21(26)16-6-3-2-4-7-16/h2-13H,14H2,1H3/p+1. The summed E-state index contributed by atoms with van der Waals surface area (Å²) in [5, 5.41) is 13.7. The smallest absolute Gasteiger partial charge is 0.290 e. The number of nitro benzene ring substituents is 1. The quantitative estimate of drug-likeness (QED) is 0.310. The number of nitrogens with one attached hydrogen (secondary N) is 1. The first-order chi connectivity index (χ1) is 13.5. The first-order valence-corrected chi connectivity index (χ1v) is 8.58. The molecule has 7 heteroatoms. The number of hydrogen-bond donors (Lipinski definition) is 1. The van der Waals surface area contributed by atoms with Crippen molar-refractivity contribution in [1.82, 2.24) is 0 Å². The minimum Gasteiger partial charge on any atom is -0.320 e. The van der Waals surface area contributed by atoms with Gasteiger partial charge in [-0.3, -0.25) is 19.7 Å². The number of ketones is 1. The Morgan fingerprint density at radius 3 is 2.25 bits per heavy atom. The highest BCUT2D eigenvalue weighted by Crippen LogP contribution is 2.24. The number of carbonyl (C=O) groups excluding carboxylic acids is 2. The lowest BCUT2D eigenvalue weighted by Gasteiger charge is -2.07. The number of nitro groups is 1. The van der Waals surface area contributed by atoms with E-state index in [0.29, 0.717) is 22.4 Å². The van der Waals surface area contributed by atoms with Crippen LogP contribution in [0.25, 0.3) is 0 Å². The molecule has 28 heavy (non-hydrogen) atoms. The zero-order valence-corrected chi connectivity index (χ0v) is 15.2. The molecule has 0 spiro atoms. The summed E-state index contributed by atoms with van der Waals surface area (Å²) < 4.78 is 1.63. The third-order valence-electron chi connectivity index (χ3n) is 4.29. The lowest BCUT2D eigenvalue weighted by molar-refractivity contribution is -0.684. The van der Waals surface area contributed by atoms with Gasteiger partial charge in [0.05, 0.1) is 16.2 Å². The van der Waals surface area contributed by atoms with Crippen molar-refractivity contribution in [1.29, 1.82) is 0 Å². The van der Waals surface area contributed by atoms with E-state index in [1.807, 2.05) is 6.07 Å². The van der Waals surface area contributed by atoms with Gasteiger partial charge in [0.15, 0.2) is 18.2 Å². The molecule has 1 N–H and O–H groups in total. The molecule has 3 rings (SSSR count). The van der Waals surface area contributed by atoms with Gasteiger partial charge in [0.1, 0.15) is 0 Å². The van der Waals surface area contributed by atoms with E-state index in [1.165, 1.54) is 12.1 Å². The first kappa shape index (κ1) is 18.9. The highest BCUT2D eigenvalue weighted by Gasteiger charge is 2.17. The Morgan fingerprint density at radius 2 is 1.61 bits per heavy atom. The number of pyridine rings is 1. The highest BCUT2D eigenvalue weighted by molar-refractivity contribution is 6.08. The molecule has 1 amide bonds. The van der Waals surface area contributed by atoms with Gasteiger partial charge in [-0.05, 0) is 13.0 Å². The van der Waals surface area contributed by atoms with Crippen molar-refractivity contribution >= 4 is 23.1 Å². The molecule has 7 nitrogen and oxygen atoms in total. The fourth-order valence-corrected chi connectivity index (χ4v) is 2.78. The van der Waals surface area contributed by atoms with Crippen LogP contribution < -0.4 is 9.88 Å². The second kappa shape index (κ2) is 8.22. The van der Waals surface area contributed by atoms with E-state index < -0.39 is 4.92 Å². The summed E-state index contributed by atoms with van der Waals surface area (Å²) in [6.07, 6.45) is 3.30. The minimum absolute atomic E-state index is 0.0158. The van der Waals surface area contributed by atoms with E-state index in [1.54, 1.807) is 66.3 Å². The van der Waals surface area contributed by atoms with Gasteiger partial charge in [-0.2, -0.15) is 4.57 Å². The molecule has 0 saturated carbocycles. The van der Waals surface area contributed by atoms with Crippen molar-refractivity contribution in [2.75, 3.05) is 5.32 Å². The molecular weight excluding hydrogens is 358 g/mol. The van der Waals surface area contributed by atoms with Crippen LogP contribution in [-0.4, -0.2) is 16.6 Å². The fourth-order valence-electron chi connectivity index (χ4n) is 2.78. The molecule has 0 saturated heterocycles. The molecule has 3 aromatic rings. The summed E-state index contributed by atoms with van der Waals surface area (Å²) in [5.74, 6) is -0.417. The van der Waals surface area contributed by atoms with Gasteiger partial charge in [0, 0.05) is 29.3 Å². The molecule has 0 radical (unpaired) electrons.